The lowest BCUT2D eigenvalue weighted by Gasteiger charge is -2.25. The molecule has 2 aromatic rings. The van der Waals surface area contributed by atoms with Crippen LogP contribution < -0.4 is 0 Å². The Balaban J connectivity index is 1.77. The number of Topliss-reactive ketones (excluding diaryl/α,β-unsaturated/α-hetero) is 1. The molecular weight excluding hydrogens is 408 g/mol. The number of aliphatic hydroxyl groups is 1. The number of hydrogen-bond acceptors (Lipinski definition) is 5. The van der Waals surface area contributed by atoms with Gasteiger partial charge in [0.1, 0.15) is 5.76 Å². The van der Waals surface area contributed by atoms with E-state index in [-0.39, 0.29) is 11.3 Å². The van der Waals surface area contributed by atoms with Crippen LogP contribution in [-0.2, 0) is 22.4 Å². The van der Waals surface area contributed by atoms with Crippen LogP contribution in [0, 0.1) is 6.92 Å². The Morgan fingerprint density at radius 3 is 2.58 bits per heavy atom. The van der Waals surface area contributed by atoms with E-state index in [0.717, 1.165) is 42.7 Å². The third-order valence-electron chi connectivity index (χ3n) is 6.32. The summed E-state index contributed by atoms with van der Waals surface area (Å²) in [6.07, 6.45) is 5.14. The van der Waals surface area contributed by atoms with Crippen LogP contribution in [0.5, 0.6) is 0 Å². The number of amides is 1. The van der Waals surface area contributed by atoms with Crippen molar-refractivity contribution in [2.75, 3.05) is 27.2 Å². The second kappa shape index (κ2) is 8.97. The predicted octanol–water partition coefficient (Wildman–Crippen LogP) is 4.31. The Kier molecular flexibility index (Phi) is 6.30. The summed E-state index contributed by atoms with van der Waals surface area (Å²) in [4.78, 5) is 30.8. The van der Waals surface area contributed by atoms with Crippen molar-refractivity contribution in [3.63, 3.8) is 0 Å². The zero-order valence-electron chi connectivity index (χ0n) is 18.5. The van der Waals surface area contributed by atoms with Gasteiger partial charge in [-0.2, -0.15) is 0 Å². The molecule has 1 aliphatic heterocycles. The first-order valence-corrected chi connectivity index (χ1v) is 11.9. The van der Waals surface area contributed by atoms with Crippen molar-refractivity contribution in [2.24, 2.45) is 0 Å². The number of ketones is 1. The normalized spacial score (nSPS) is 20.5. The molecule has 31 heavy (non-hydrogen) atoms. The Bertz CT molecular complexity index is 1040. The van der Waals surface area contributed by atoms with E-state index >= 15 is 0 Å². The fraction of sp³-hybridized carbons (Fsp3) is 0.440. The Hall–Kier alpha value is -2.44. The third-order valence-corrected chi connectivity index (χ3v) is 7.39. The molecule has 1 N–H and O–H groups in total. The average Bonchev–Trinajstić information content (AvgIpc) is 3.28. The molecule has 1 unspecified atom stereocenters. The summed E-state index contributed by atoms with van der Waals surface area (Å²) >= 11 is 1.53. The van der Waals surface area contributed by atoms with Gasteiger partial charge < -0.3 is 14.9 Å². The molecule has 0 saturated carbocycles. The van der Waals surface area contributed by atoms with E-state index in [1.165, 1.54) is 28.9 Å². The van der Waals surface area contributed by atoms with Crippen LogP contribution in [0.3, 0.4) is 0 Å². The summed E-state index contributed by atoms with van der Waals surface area (Å²) in [5.41, 5.74) is 4.44. The van der Waals surface area contributed by atoms with Crippen molar-refractivity contribution in [1.82, 2.24) is 9.80 Å². The standard InChI is InChI=1S/C25H30N2O3S/c1-16-11-14-31-24(16)21-20(23(29)25(30)27(21)13-6-12-26(2)3)22(28)19-10-9-17-7-4-5-8-18(17)15-19/h9-11,14-15,21,28H,4-8,12-13H2,1-3H3/b22-20-. The topological polar surface area (TPSA) is 60.9 Å². The van der Waals surface area contributed by atoms with Gasteiger partial charge in [-0.3, -0.25) is 9.59 Å². The van der Waals surface area contributed by atoms with Crippen LogP contribution in [-0.4, -0.2) is 53.8 Å². The SMILES string of the molecule is Cc1ccsc1C1/C(=C(/O)c2ccc3c(c2)CCCC3)C(=O)C(=O)N1CCCN(C)C. The first-order chi connectivity index (χ1) is 14.9. The maximum absolute atomic E-state index is 13.1. The molecule has 1 fully saturated rings. The minimum atomic E-state index is -0.585. The van der Waals surface area contributed by atoms with Crippen molar-refractivity contribution in [3.05, 3.63) is 62.3 Å². The minimum Gasteiger partial charge on any atom is -0.507 e. The van der Waals surface area contributed by atoms with E-state index in [9.17, 15) is 14.7 Å². The predicted molar refractivity (Wildman–Crippen MR) is 124 cm³/mol. The third kappa shape index (κ3) is 4.19. The number of likely N-dealkylation sites (tertiary alicyclic amines) is 1. The quantitative estimate of drug-likeness (QED) is 0.415. The first-order valence-electron chi connectivity index (χ1n) is 11.0. The molecule has 1 aromatic heterocycles. The second-order valence-corrected chi connectivity index (χ2v) is 9.76. The van der Waals surface area contributed by atoms with Crippen LogP contribution in [0.4, 0.5) is 0 Å². The van der Waals surface area contributed by atoms with Gasteiger partial charge in [-0.1, -0.05) is 12.1 Å². The highest BCUT2D eigenvalue weighted by Crippen LogP contribution is 2.42. The summed E-state index contributed by atoms with van der Waals surface area (Å²) in [6, 6.07) is 7.41. The molecule has 1 aliphatic carbocycles. The largest absolute Gasteiger partial charge is 0.507 e. The molecule has 1 aromatic carbocycles. The van der Waals surface area contributed by atoms with Gasteiger partial charge in [0.15, 0.2) is 0 Å². The number of thiophene rings is 1. The number of carbonyl (C=O) groups is 2. The smallest absolute Gasteiger partial charge is 0.295 e. The van der Waals surface area contributed by atoms with Crippen LogP contribution in [0.15, 0.2) is 35.2 Å². The van der Waals surface area contributed by atoms with Crippen LogP contribution in [0.2, 0.25) is 0 Å². The van der Waals surface area contributed by atoms with Gasteiger partial charge in [0.2, 0.25) is 0 Å². The van der Waals surface area contributed by atoms with Gasteiger partial charge in [-0.25, -0.2) is 0 Å². The number of aryl methyl sites for hydroxylation is 3. The number of nitrogens with zero attached hydrogens (tertiary/aromatic N) is 2. The highest BCUT2D eigenvalue weighted by molar-refractivity contribution is 7.10. The van der Waals surface area contributed by atoms with E-state index in [0.29, 0.717) is 12.1 Å². The summed E-state index contributed by atoms with van der Waals surface area (Å²) in [6.45, 7) is 3.29. The van der Waals surface area contributed by atoms with Gasteiger partial charge in [-0.15, -0.1) is 11.3 Å². The summed E-state index contributed by atoms with van der Waals surface area (Å²) in [7, 11) is 3.98. The summed E-state index contributed by atoms with van der Waals surface area (Å²) < 4.78 is 0. The van der Waals surface area contributed by atoms with Crippen LogP contribution in [0.1, 0.15) is 52.4 Å². The zero-order valence-corrected chi connectivity index (χ0v) is 19.3. The number of hydrogen-bond donors (Lipinski definition) is 1. The Labute approximate surface area is 188 Å². The van der Waals surface area contributed by atoms with Gasteiger partial charge in [0.25, 0.3) is 11.7 Å². The monoisotopic (exact) mass is 438 g/mol. The summed E-state index contributed by atoms with van der Waals surface area (Å²) in [5, 5.41) is 13.3. The molecule has 1 amide bonds. The molecule has 0 bridgehead atoms. The number of rotatable bonds is 6. The highest BCUT2D eigenvalue weighted by atomic mass is 32.1. The molecule has 1 atom stereocenters. The lowest BCUT2D eigenvalue weighted by atomic mass is 9.89. The summed E-state index contributed by atoms with van der Waals surface area (Å²) in [5.74, 6) is -1.16. The molecule has 2 aliphatic rings. The number of fused-ring (bicyclic) bond motifs is 1. The van der Waals surface area contributed by atoms with Crippen molar-refractivity contribution < 1.29 is 14.7 Å². The van der Waals surface area contributed by atoms with E-state index in [1.807, 2.05) is 44.6 Å². The fourth-order valence-corrected chi connectivity index (χ4v) is 5.69. The molecule has 6 heteroatoms. The average molecular weight is 439 g/mol. The fourth-order valence-electron chi connectivity index (χ4n) is 4.64. The van der Waals surface area contributed by atoms with Gasteiger partial charge in [0.05, 0.1) is 11.6 Å². The van der Waals surface area contributed by atoms with Crippen molar-refractivity contribution >= 4 is 28.8 Å². The lowest BCUT2D eigenvalue weighted by molar-refractivity contribution is -0.139. The maximum Gasteiger partial charge on any atom is 0.295 e. The molecular formula is C25H30N2O3S. The van der Waals surface area contributed by atoms with Gasteiger partial charge in [-0.05, 0) is 93.9 Å². The maximum atomic E-state index is 13.1. The zero-order chi connectivity index (χ0) is 22.1. The van der Waals surface area contributed by atoms with Crippen LogP contribution >= 0.6 is 11.3 Å². The number of carbonyl (C=O) groups excluding carboxylic acids is 2. The van der Waals surface area contributed by atoms with E-state index in [2.05, 4.69) is 11.0 Å². The second-order valence-electron chi connectivity index (χ2n) is 8.81. The Morgan fingerprint density at radius 1 is 1.16 bits per heavy atom. The lowest BCUT2D eigenvalue weighted by Crippen LogP contribution is -2.32. The molecule has 0 spiro atoms. The molecule has 1 saturated heterocycles. The van der Waals surface area contributed by atoms with E-state index in [1.54, 1.807) is 4.90 Å². The molecule has 2 heterocycles. The molecule has 164 valence electrons. The first kappa shape index (κ1) is 21.8. The highest BCUT2D eigenvalue weighted by Gasteiger charge is 2.46. The number of benzene rings is 1. The molecule has 5 nitrogen and oxygen atoms in total. The van der Waals surface area contributed by atoms with Crippen molar-refractivity contribution in [3.8, 4) is 0 Å². The van der Waals surface area contributed by atoms with Crippen molar-refractivity contribution in [1.29, 1.82) is 0 Å². The van der Waals surface area contributed by atoms with Gasteiger partial charge in [0, 0.05) is 17.0 Å². The Morgan fingerprint density at radius 2 is 1.90 bits per heavy atom. The van der Waals surface area contributed by atoms with Crippen molar-refractivity contribution in [2.45, 2.75) is 45.1 Å². The van der Waals surface area contributed by atoms with Crippen LogP contribution in [0.25, 0.3) is 5.76 Å². The molecule has 0 radical (unpaired) electrons. The molecule has 4 rings (SSSR count). The van der Waals surface area contributed by atoms with E-state index < -0.39 is 17.7 Å². The minimum absolute atomic E-state index is 0.0559. The van der Waals surface area contributed by atoms with E-state index in [4.69, 9.17) is 0 Å². The van der Waals surface area contributed by atoms with Gasteiger partial charge >= 0.3 is 0 Å². The number of aliphatic hydroxyl groups excluding tert-OH is 1.